The molecule has 0 aliphatic heterocycles. The minimum Gasteiger partial charge on any atom is -0.361 e. The molecule has 192 valence electrons. The van der Waals surface area contributed by atoms with Gasteiger partial charge in [0.15, 0.2) is 0 Å². The van der Waals surface area contributed by atoms with Crippen LogP contribution in [0.4, 0.5) is 0 Å². The van der Waals surface area contributed by atoms with E-state index >= 15 is 0 Å². The van der Waals surface area contributed by atoms with Gasteiger partial charge in [-0.25, -0.2) is 0 Å². The molecule has 0 bridgehead atoms. The first-order valence-corrected chi connectivity index (χ1v) is 15.6. The van der Waals surface area contributed by atoms with E-state index in [1.54, 1.807) is 4.57 Å². The Bertz CT molecular complexity index is 455. The van der Waals surface area contributed by atoms with Gasteiger partial charge in [0, 0.05) is 59.2 Å². The molecule has 0 spiro atoms. The molecule has 9 nitrogen and oxygen atoms in total. The molecule has 0 fully saturated rings. The largest absolute Gasteiger partial charge is 0.635 e. The van der Waals surface area contributed by atoms with Gasteiger partial charge in [0.25, 0.3) is 0 Å². The van der Waals surface area contributed by atoms with Crippen LogP contribution in [-0.2, 0) is 31.4 Å². The highest BCUT2D eigenvalue weighted by atomic mass is 28.4. The van der Waals surface area contributed by atoms with Crippen molar-refractivity contribution in [3.63, 3.8) is 0 Å². The standard InChI is InChI=1S/C21H48N2O7Si2/c1-9-18-22(31(25-11-3,26-12-4)27-13-5)20-17-21(24)23(19-10-2)32(28-14-6,29-15-7)30-16-8/h9-20H2,1-8H3. The van der Waals surface area contributed by atoms with Gasteiger partial charge in [0.1, 0.15) is 0 Å². The molecular weight excluding hydrogens is 448 g/mol. The molecule has 0 rings (SSSR count). The van der Waals surface area contributed by atoms with E-state index in [0.717, 1.165) is 19.4 Å². The van der Waals surface area contributed by atoms with E-state index in [4.69, 9.17) is 26.6 Å². The number of amides is 1. The molecule has 0 saturated heterocycles. The molecule has 0 unspecified atom stereocenters. The van der Waals surface area contributed by atoms with Gasteiger partial charge >= 0.3 is 17.9 Å². The normalized spacial score (nSPS) is 12.5. The summed E-state index contributed by atoms with van der Waals surface area (Å²) in [7, 11) is -6.39. The van der Waals surface area contributed by atoms with Crippen molar-refractivity contribution in [1.82, 2.24) is 9.13 Å². The van der Waals surface area contributed by atoms with Gasteiger partial charge < -0.3 is 31.1 Å². The third-order valence-electron chi connectivity index (χ3n) is 4.52. The maximum Gasteiger partial charge on any atom is 0.635 e. The Morgan fingerprint density at radius 3 is 1.28 bits per heavy atom. The second-order valence-electron chi connectivity index (χ2n) is 6.93. The summed E-state index contributed by atoms with van der Waals surface area (Å²) in [5, 5.41) is 0. The number of hydrogen-bond donors (Lipinski definition) is 0. The zero-order valence-corrected chi connectivity index (χ0v) is 23.7. The fourth-order valence-electron chi connectivity index (χ4n) is 3.51. The molecule has 0 heterocycles. The van der Waals surface area contributed by atoms with Gasteiger partial charge in [-0.05, 0) is 60.9 Å². The van der Waals surface area contributed by atoms with Gasteiger partial charge in [-0.1, -0.05) is 13.8 Å². The number of carbonyl (C=O) groups is 1. The summed E-state index contributed by atoms with van der Waals surface area (Å²) in [6.07, 6.45) is 1.94. The third-order valence-corrected chi connectivity index (χ3v) is 10.8. The zero-order chi connectivity index (χ0) is 24.5. The molecule has 0 radical (unpaired) electrons. The quantitative estimate of drug-likeness (QED) is 0.224. The first-order valence-electron chi connectivity index (χ1n) is 12.3. The molecule has 0 aromatic heterocycles. The first-order chi connectivity index (χ1) is 15.4. The van der Waals surface area contributed by atoms with Crippen molar-refractivity contribution >= 4 is 23.8 Å². The van der Waals surface area contributed by atoms with Crippen LogP contribution < -0.4 is 0 Å². The Labute approximate surface area is 198 Å². The molecule has 0 saturated carbocycles. The lowest BCUT2D eigenvalue weighted by Crippen LogP contribution is -2.65. The molecular formula is C21H48N2O7Si2. The Kier molecular flexibility index (Phi) is 17.8. The van der Waals surface area contributed by atoms with Crippen LogP contribution in [0.2, 0.25) is 0 Å². The average molecular weight is 497 g/mol. The fraction of sp³-hybridized carbons (Fsp3) is 0.952. The number of rotatable bonds is 21. The minimum atomic E-state index is -3.31. The van der Waals surface area contributed by atoms with Crippen LogP contribution in [0.3, 0.4) is 0 Å². The molecule has 0 aliphatic carbocycles. The lowest BCUT2D eigenvalue weighted by molar-refractivity contribution is -0.132. The van der Waals surface area contributed by atoms with Gasteiger partial charge in [-0.3, -0.25) is 9.36 Å². The molecule has 0 aromatic rings. The third kappa shape index (κ3) is 9.47. The van der Waals surface area contributed by atoms with Crippen molar-refractivity contribution in [3.05, 3.63) is 0 Å². The van der Waals surface area contributed by atoms with Crippen LogP contribution in [0.15, 0.2) is 0 Å². The van der Waals surface area contributed by atoms with Gasteiger partial charge in [0.2, 0.25) is 5.91 Å². The Morgan fingerprint density at radius 2 is 0.938 bits per heavy atom. The lowest BCUT2D eigenvalue weighted by atomic mass is 10.3. The second kappa shape index (κ2) is 18.0. The molecule has 32 heavy (non-hydrogen) atoms. The maximum atomic E-state index is 13.5. The van der Waals surface area contributed by atoms with E-state index in [1.165, 1.54) is 0 Å². The van der Waals surface area contributed by atoms with E-state index in [1.807, 2.05) is 48.5 Å². The Morgan fingerprint density at radius 1 is 0.562 bits per heavy atom. The van der Waals surface area contributed by atoms with Crippen LogP contribution in [0.5, 0.6) is 0 Å². The first kappa shape index (κ1) is 31.6. The van der Waals surface area contributed by atoms with Crippen molar-refractivity contribution in [1.29, 1.82) is 0 Å². The Balaban J connectivity index is 5.80. The summed E-state index contributed by atoms with van der Waals surface area (Å²) < 4.78 is 40.0. The van der Waals surface area contributed by atoms with E-state index in [2.05, 4.69) is 11.5 Å². The van der Waals surface area contributed by atoms with Crippen molar-refractivity contribution in [2.75, 3.05) is 59.3 Å². The molecule has 0 N–H and O–H groups in total. The summed E-state index contributed by atoms with van der Waals surface area (Å²) in [5.74, 6) is -0.0534. The number of hydrogen-bond acceptors (Lipinski definition) is 8. The second-order valence-corrected chi connectivity index (χ2v) is 11.9. The number of nitrogens with zero attached hydrogens (tertiary/aromatic N) is 2. The van der Waals surface area contributed by atoms with Gasteiger partial charge in [-0.2, -0.15) is 0 Å². The van der Waals surface area contributed by atoms with E-state index in [0.29, 0.717) is 52.7 Å². The Hall–Kier alpha value is -0.376. The van der Waals surface area contributed by atoms with Crippen LogP contribution in [0.1, 0.15) is 74.7 Å². The van der Waals surface area contributed by atoms with Crippen LogP contribution in [0.25, 0.3) is 0 Å². The maximum absolute atomic E-state index is 13.5. The predicted octanol–water partition coefficient (Wildman–Crippen LogP) is 3.42. The number of carbonyl (C=O) groups excluding carboxylic acids is 1. The van der Waals surface area contributed by atoms with E-state index in [9.17, 15) is 4.79 Å². The smallest absolute Gasteiger partial charge is 0.361 e. The molecule has 1 amide bonds. The summed E-state index contributed by atoms with van der Waals surface area (Å²) in [6, 6.07) is 0. The highest BCUT2D eigenvalue weighted by Gasteiger charge is 2.52. The van der Waals surface area contributed by atoms with Crippen molar-refractivity contribution < 1.29 is 31.4 Å². The van der Waals surface area contributed by atoms with Crippen LogP contribution >= 0.6 is 0 Å². The highest BCUT2D eigenvalue weighted by molar-refractivity contribution is 6.60. The summed E-state index contributed by atoms with van der Waals surface area (Å²) in [5.41, 5.74) is 0. The van der Waals surface area contributed by atoms with E-state index in [-0.39, 0.29) is 12.3 Å². The lowest BCUT2D eigenvalue weighted by Gasteiger charge is -2.39. The SMILES string of the molecule is CCCN(CCC(=O)N(CCC)[Si](OCC)(OCC)OCC)[Si](OCC)(OCC)OCC. The van der Waals surface area contributed by atoms with Gasteiger partial charge in [-0.15, -0.1) is 0 Å². The van der Waals surface area contributed by atoms with Crippen LogP contribution in [-0.4, -0.2) is 92.2 Å². The molecule has 11 heteroatoms. The highest BCUT2D eigenvalue weighted by Crippen LogP contribution is 2.21. The molecule has 0 aliphatic rings. The van der Waals surface area contributed by atoms with Crippen molar-refractivity contribution in [2.24, 2.45) is 0 Å². The summed E-state index contributed by atoms with van der Waals surface area (Å²) in [6.45, 7) is 20.0. The minimum absolute atomic E-state index is 0.0534. The van der Waals surface area contributed by atoms with Gasteiger partial charge in [0.05, 0.1) is 0 Å². The average Bonchev–Trinajstić information content (AvgIpc) is 2.75. The van der Waals surface area contributed by atoms with Crippen molar-refractivity contribution in [3.8, 4) is 0 Å². The summed E-state index contributed by atoms with van der Waals surface area (Å²) >= 11 is 0. The molecule has 0 aromatic carbocycles. The molecule has 0 atom stereocenters. The summed E-state index contributed by atoms with van der Waals surface area (Å²) in [4.78, 5) is 13.5. The van der Waals surface area contributed by atoms with Crippen molar-refractivity contribution in [2.45, 2.75) is 74.7 Å². The zero-order valence-electron chi connectivity index (χ0n) is 21.7. The monoisotopic (exact) mass is 496 g/mol. The van der Waals surface area contributed by atoms with Crippen LogP contribution in [0, 0.1) is 0 Å². The topological polar surface area (TPSA) is 78.9 Å². The van der Waals surface area contributed by atoms with E-state index < -0.39 is 17.9 Å². The fourth-order valence-corrected chi connectivity index (χ4v) is 9.01. The predicted molar refractivity (Wildman–Crippen MR) is 130 cm³/mol.